The van der Waals surface area contributed by atoms with Crippen LogP contribution in [0.1, 0.15) is 0 Å². The van der Waals surface area contributed by atoms with Gasteiger partial charge in [0.15, 0.2) is 0 Å². The van der Waals surface area contributed by atoms with Crippen LogP contribution in [0.15, 0.2) is 162 Å². The number of hydrogen-bond donors (Lipinski definition) is 0. The molecule has 0 N–H and O–H groups in total. The summed E-state index contributed by atoms with van der Waals surface area (Å²) in [5, 5.41) is 11.9. The second-order valence-electron chi connectivity index (χ2n) is 12.8. The minimum Gasteiger partial charge on any atom is -0.456 e. The summed E-state index contributed by atoms with van der Waals surface area (Å²) in [6, 6.07) is 56.7. The molecule has 2 heteroatoms. The Labute approximate surface area is 276 Å². The zero-order valence-corrected chi connectivity index (χ0v) is 25.8. The molecule has 0 saturated heterocycles. The average Bonchev–Trinajstić information content (AvgIpc) is 3.49. The fourth-order valence-electron chi connectivity index (χ4n) is 8.09. The molecule has 9 aromatic carbocycles. The van der Waals surface area contributed by atoms with E-state index in [1.165, 1.54) is 70.9 Å². The number of furan rings is 1. The van der Waals surface area contributed by atoms with E-state index in [1.54, 1.807) is 0 Å². The minimum atomic E-state index is 0.892. The van der Waals surface area contributed by atoms with Crippen molar-refractivity contribution in [3.05, 3.63) is 158 Å². The maximum absolute atomic E-state index is 6.47. The van der Waals surface area contributed by atoms with Crippen LogP contribution in [0.25, 0.3) is 98.4 Å². The summed E-state index contributed by atoms with van der Waals surface area (Å²) in [6.45, 7) is 0. The Hall–Kier alpha value is -6.38. The van der Waals surface area contributed by atoms with Crippen molar-refractivity contribution in [2.75, 3.05) is 0 Å². The first-order valence-electron chi connectivity index (χ1n) is 16.4. The number of hydrogen-bond acceptors (Lipinski definition) is 2. The third-order valence-electron chi connectivity index (χ3n) is 10.2. The van der Waals surface area contributed by atoms with Crippen LogP contribution in [0.2, 0.25) is 0 Å². The summed E-state index contributed by atoms with van der Waals surface area (Å²) in [5.74, 6) is 1.81. The lowest BCUT2D eigenvalue weighted by Crippen LogP contribution is -1.97. The summed E-state index contributed by atoms with van der Waals surface area (Å²) >= 11 is 0. The van der Waals surface area contributed by atoms with Crippen molar-refractivity contribution in [2.24, 2.45) is 0 Å². The van der Waals surface area contributed by atoms with Crippen molar-refractivity contribution in [2.45, 2.75) is 0 Å². The van der Waals surface area contributed by atoms with E-state index in [2.05, 4.69) is 158 Å². The van der Waals surface area contributed by atoms with Gasteiger partial charge in [-0.25, -0.2) is 0 Å². The van der Waals surface area contributed by atoms with E-state index in [1.807, 2.05) is 0 Å². The van der Waals surface area contributed by atoms with E-state index < -0.39 is 0 Å². The largest absolute Gasteiger partial charge is 0.456 e. The van der Waals surface area contributed by atoms with E-state index in [0.29, 0.717) is 0 Å². The molecular weight excluding hydrogens is 585 g/mol. The van der Waals surface area contributed by atoms with Gasteiger partial charge in [-0.3, -0.25) is 0 Å². The van der Waals surface area contributed by atoms with Gasteiger partial charge in [-0.1, -0.05) is 115 Å². The zero-order chi connectivity index (χ0) is 31.3. The molecule has 2 heterocycles. The highest BCUT2D eigenvalue weighted by molar-refractivity contribution is 6.22. The van der Waals surface area contributed by atoms with Crippen LogP contribution >= 0.6 is 0 Å². The molecule has 222 valence electrons. The highest BCUT2D eigenvalue weighted by Gasteiger charge is 2.23. The molecule has 48 heavy (non-hydrogen) atoms. The second-order valence-corrected chi connectivity index (χ2v) is 12.8. The topological polar surface area (TPSA) is 22.4 Å². The first-order valence-corrected chi connectivity index (χ1v) is 16.4. The third-order valence-corrected chi connectivity index (χ3v) is 10.2. The monoisotopic (exact) mass is 610 g/mol. The van der Waals surface area contributed by atoms with Gasteiger partial charge in [0.2, 0.25) is 0 Å². The van der Waals surface area contributed by atoms with Gasteiger partial charge >= 0.3 is 0 Å². The van der Waals surface area contributed by atoms with E-state index >= 15 is 0 Å². The molecule has 10 aromatic rings. The van der Waals surface area contributed by atoms with Crippen molar-refractivity contribution in [3.8, 4) is 44.9 Å². The Bertz CT molecular complexity index is 2920. The van der Waals surface area contributed by atoms with Gasteiger partial charge in [0.05, 0.1) is 0 Å². The van der Waals surface area contributed by atoms with Crippen molar-refractivity contribution >= 4 is 65.0 Å². The molecule has 1 aromatic heterocycles. The molecule has 0 unspecified atom stereocenters. The van der Waals surface area contributed by atoms with Crippen LogP contribution in [0.3, 0.4) is 0 Å². The fourth-order valence-corrected chi connectivity index (χ4v) is 8.09. The zero-order valence-electron chi connectivity index (χ0n) is 25.8. The number of ether oxygens (including phenoxy) is 1. The second kappa shape index (κ2) is 9.57. The third kappa shape index (κ3) is 3.57. The molecule has 2 nitrogen and oxygen atoms in total. The predicted octanol–water partition coefficient (Wildman–Crippen LogP) is 13.3. The normalized spacial score (nSPS) is 12.3. The van der Waals surface area contributed by atoms with Gasteiger partial charge in [0.1, 0.15) is 22.7 Å². The molecule has 11 rings (SSSR count). The molecular formula is C46H26O2. The maximum atomic E-state index is 6.47. The first-order chi connectivity index (χ1) is 23.8. The maximum Gasteiger partial charge on any atom is 0.136 e. The van der Waals surface area contributed by atoms with Crippen molar-refractivity contribution < 1.29 is 9.15 Å². The predicted molar refractivity (Wildman–Crippen MR) is 200 cm³/mol. The van der Waals surface area contributed by atoms with E-state index in [0.717, 1.165) is 39.0 Å². The molecule has 1 aliphatic heterocycles. The van der Waals surface area contributed by atoms with E-state index in [4.69, 9.17) is 9.15 Å². The Balaban J connectivity index is 1.17. The summed E-state index contributed by atoms with van der Waals surface area (Å²) in [7, 11) is 0. The smallest absolute Gasteiger partial charge is 0.136 e. The average molecular weight is 611 g/mol. The van der Waals surface area contributed by atoms with Gasteiger partial charge in [-0.05, 0) is 108 Å². The molecule has 0 radical (unpaired) electrons. The van der Waals surface area contributed by atoms with Crippen LogP contribution in [0.5, 0.6) is 11.5 Å². The van der Waals surface area contributed by atoms with Crippen molar-refractivity contribution in [1.82, 2.24) is 0 Å². The number of benzene rings is 9. The standard InChI is InChI=1S/C46H26O2/c1-2-10-29-26-43-39(23-28(29)9-1)38-25-31(20-22-41(38)48-43)45-34-15-5-3-13-32(34)44(33-14-4-6-16-35(33)45)30-19-21-40-37(24-30)36-17-7-11-27-12-8-18-42(47-40)46(27)36/h1-26H. The SMILES string of the molecule is c1ccc2cc3c(cc2c1)oc1ccc(-c2c4ccccc4c(-c4ccc5c(c4)-c4cccc6cccc(c46)O5)c4ccccc24)cc13. The number of fused-ring (bicyclic) bond motifs is 8. The molecule has 0 aliphatic carbocycles. The highest BCUT2D eigenvalue weighted by Crippen LogP contribution is 2.50. The Kier molecular flexibility index (Phi) is 5.14. The van der Waals surface area contributed by atoms with Crippen molar-refractivity contribution in [3.63, 3.8) is 0 Å². The Morgan fingerprint density at radius 1 is 0.333 bits per heavy atom. The van der Waals surface area contributed by atoms with Gasteiger partial charge < -0.3 is 9.15 Å². The van der Waals surface area contributed by atoms with Gasteiger partial charge in [0.25, 0.3) is 0 Å². The molecule has 0 fully saturated rings. The summed E-state index contributed by atoms with van der Waals surface area (Å²) in [4.78, 5) is 0. The summed E-state index contributed by atoms with van der Waals surface area (Å²) in [6.07, 6.45) is 0. The molecule has 0 amide bonds. The van der Waals surface area contributed by atoms with Crippen LogP contribution in [-0.4, -0.2) is 0 Å². The van der Waals surface area contributed by atoms with Gasteiger partial charge in [-0.15, -0.1) is 0 Å². The fraction of sp³-hybridized carbons (Fsp3) is 0. The van der Waals surface area contributed by atoms with Crippen LogP contribution < -0.4 is 4.74 Å². The number of rotatable bonds is 2. The molecule has 0 atom stereocenters. The summed E-state index contributed by atoms with van der Waals surface area (Å²) < 4.78 is 12.8. The van der Waals surface area contributed by atoms with Crippen LogP contribution in [0.4, 0.5) is 0 Å². The highest BCUT2D eigenvalue weighted by atomic mass is 16.5. The lowest BCUT2D eigenvalue weighted by Gasteiger charge is -2.23. The first kappa shape index (κ1) is 25.8. The van der Waals surface area contributed by atoms with E-state index in [-0.39, 0.29) is 0 Å². The van der Waals surface area contributed by atoms with Gasteiger partial charge in [-0.2, -0.15) is 0 Å². The summed E-state index contributed by atoms with van der Waals surface area (Å²) in [5.41, 5.74) is 8.99. The van der Waals surface area contributed by atoms with E-state index in [9.17, 15) is 0 Å². The molecule has 0 saturated carbocycles. The lowest BCUT2D eigenvalue weighted by atomic mass is 9.84. The lowest BCUT2D eigenvalue weighted by molar-refractivity contribution is 0.487. The minimum absolute atomic E-state index is 0.892. The van der Waals surface area contributed by atoms with Crippen LogP contribution in [-0.2, 0) is 0 Å². The Morgan fingerprint density at radius 2 is 0.917 bits per heavy atom. The molecule has 1 aliphatic rings. The Morgan fingerprint density at radius 3 is 1.65 bits per heavy atom. The van der Waals surface area contributed by atoms with Gasteiger partial charge in [0, 0.05) is 21.7 Å². The molecule has 0 bridgehead atoms. The molecule has 0 spiro atoms. The van der Waals surface area contributed by atoms with Crippen LogP contribution in [0, 0.1) is 0 Å². The quantitative estimate of drug-likeness (QED) is 0.182. The van der Waals surface area contributed by atoms with Crippen molar-refractivity contribution in [1.29, 1.82) is 0 Å².